The average molecular weight is 552 g/mol. The zero-order valence-electron chi connectivity index (χ0n) is 25.0. The van der Waals surface area contributed by atoms with Crippen molar-refractivity contribution < 1.29 is 13.9 Å². The van der Waals surface area contributed by atoms with Gasteiger partial charge in [0.2, 0.25) is 8.32 Å². The number of pyridine rings is 1. The molecule has 1 aliphatic heterocycles. The van der Waals surface area contributed by atoms with Crippen LogP contribution in [0.15, 0.2) is 72.8 Å². The smallest absolute Gasteiger partial charge is 0.232 e. The summed E-state index contributed by atoms with van der Waals surface area (Å²) >= 11 is 0. The normalized spacial score (nSPS) is 15.9. The second-order valence-corrected chi connectivity index (χ2v) is 16.2. The molecule has 0 aliphatic carbocycles. The molecule has 4 nitrogen and oxygen atoms in total. The molecule has 5 rings (SSSR count). The molecule has 208 valence electrons. The van der Waals surface area contributed by atoms with E-state index in [0.29, 0.717) is 11.1 Å². The van der Waals surface area contributed by atoms with Crippen LogP contribution in [0, 0.1) is 13.8 Å². The van der Waals surface area contributed by atoms with Crippen LogP contribution in [0.3, 0.4) is 0 Å². The number of ether oxygens (including phenoxy) is 2. The molecular weight excluding hydrogens is 510 g/mol. The maximum Gasteiger partial charge on any atom is 0.232 e. The molecule has 0 saturated carbocycles. The van der Waals surface area contributed by atoms with Crippen molar-refractivity contribution in [3.8, 4) is 39.8 Å². The Morgan fingerprint density at radius 3 is 1.98 bits per heavy atom. The van der Waals surface area contributed by atoms with Crippen LogP contribution in [0.2, 0.25) is 11.1 Å². The number of hydrogen-bond donors (Lipinski definition) is 0. The lowest BCUT2D eigenvalue weighted by atomic mass is 9.98. The second kappa shape index (κ2) is 11.2. The van der Waals surface area contributed by atoms with E-state index in [1.54, 1.807) is 7.11 Å². The number of rotatable bonds is 8. The van der Waals surface area contributed by atoms with Gasteiger partial charge in [-0.2, -0.15) is 0 Å². The van der Waals surface area contributed by atoms with Gasteiger partial charge in [0, 0.05) is 16.3 Å². The van der Waals surface area contributed by atoms with Gasteiger partial charge >= 0.3 is 0 Å². The van der Waals surface area contributed by atoms with Gasteiger partial charge in [0.25, 0.3) is 0 Å². The zero-order chi connectivity index (χ0) is 28.6. The molecule has 0 bridgehead atoms. The van der Waals surface area contributed by atoms with E-state index in [9.17, 15) is 0 Å². The number of aromatic nitrogens is 1. The Morgan fingerprint density at radius 1 is 0.825 bits per heavy atom. The highest BCUT2D eigenvalue weighted by Crippen LogP contribution is 2.47. The number of para-hydroxylation sites is 1. The van der Waals surface area contributed by atoms with Crippen LogP contribution in [-0.2, 0) is 4.43 Å². The fourth-order valence-corrected chi connectivity index (χ4v) is 11.7. The van der Waals surface area contributed by atoms with Gasteiger partial charge in [0.1, 0.15) is 17.2 Å². The Kier molecular flexibility index (Phi) is 7.89. The number of benzene rings is 3. The minimum Gasteiger partial charge on any atom is -0.496 e. The Hall–Kier alpha value is -3.41. The monoisotopic (exact) mass is 551 g/mol. The third-order valence-corrected chi connectivity index (χ3v) is 13.7. The number of nitrogens with zero attached hydrogens (tertiary/aromatic N) is 1. The highest BCUT2D eigenvalue weighted by molar-refractivity contribution is 6.90. The number of fused-ring (bicyclic) bond motifs is 1. The summed E-state index contributed by atoms with van der Waals surface area (Å²) in [5.41, 5.74) is 8.60. The van der Waals surface area contributed by atoms with E-state index in [-0.39, 0.29) is 6.10 Å². The van der Waals surface area contributed by atoms with Crippen molar-refractivity contribution >= 4 is 13.5 Å². The summed E-state index contributed by atoms with van der Waals surface area (Å²) in [6.45, 7) is 15.8. The summed E-state index contributed by atoms with van der Waals surface area (Å²) in [6.07, 6.45) is 1.02. The van der Waals surface area contributed by atoms with Gasteiger partial charge in [-0.05, 0) is 103 Å². The van der Waals surface area contributed by atoms with E-state index in [4.69, 9.17) is 18.9 Å². The Bertz CT molecular complexity index is 1460. The SMILES string of the molecule is CC[C@@H]1O[Si](C(C)C)(C(C)C)c2c1cc(-c1cc(C)c(OC)c(C)c1)nc2-c1ccc(Oc2ccccc2)cc1. The summed E-state index contributed by atoms with van der Waals surface area (Å²) in [7, 11) is -0.635. The van der Waals surface area contributed by atoms with Crippen LogP contribution in [0.5, 0.6) is 17.2 Å². The summed E-state index contributed by atoms with van der Waals surface area (Å²) in [5, 5.41) is 1.37. The van der Waals surface area contributed by atoms with Crippen LogP contribution >= 0.6 is 0 Å². The number of aryl methyl sites for hydroxylation is 2. The largest absolute Gasteiger partial charge is 0.496 e. The Labute approximate surface area is 240 Å². The maximum absolute atomic E-state index is 7.19. The fourth-order valence-electron chi connectivity index (χ4n) is 6.49. The fraction of sp³-hybridized carbons (Fsp3) is 0.343. The molecule has 0 radical (unpaired) electrons. The third-order valence-electron chi connectivity index (χ3n) is 8.28. The van der Waals surface area contributed by atoms with Crippen molar-refractivity contribution in [2.45, 2.75) is 72.1 Å². The maximum atomic E-state index is 7.19. The molecule has 4 aromatic rings. The first-order valence-electron chi connectivity index (χ1n) is 14.4. The van der Waals surface area contributed by atoms with Crippen molar-refractivity contribution in [3.63, 3.8) is 0 Å². The van der Waals surface area contributed by atoms with Crippen LogP contribution in [0.1, 0.15) is 63.8 Å². The van der Waals surface area contributed by atoms with Gasteiger partial charge in [-0.15, -0.1) is 0 Å². The van der Waals surface area contributed by atoms with Gasteiger partial charge in [-0.3, -0.25) is 0 Å². The van der Waals surface area contributed by atoms with E-state index < -0.39 is 8.32 Å². The summed E-state index contributed by atoms with van der Waals surface area (Å²) < 4.78 is 18.9. The molecule has 40 heavy (non-hydrogen) atoms. The summed E-state index contributed by atoms with van der Waals surface area (Å²) in [5.74, 6) is 2.56. The molecule has 1 aliphatic rings. The topological polar surface area (TPSA) is 40.6 Å². The van der Waals surface area contributed by atoms with Crippen molar-refractivity contribution in [2.24, 2.45) is 0 Å². The molecule has 0 fully saturated rings. The Morgan fingerprint density at radius 2 is 1.43 bits per heavy atom. The quantitative estimate of drug-likeness (QED) is 0.205. The molecule has 0 saturated heterocycles. The second-order valence-electron chi connectivity index (χ2n) is 11.5. The molecule has 0 spiro atoms. The van der Waals surface area contributed by atoms with Crippen molar-refractivity contribution in [3.05, 3.63) is 89.5 Å². The van der Waals surface area contributed by atoms with Crippen LogP contribution in [0.4, 0.5) is 0 Å². The van der Waals surface area contributed by atoms with Crippen LogP contribution in [-0.4, -0.2) is 20.4 Å². The van der Waals surface area contributed by atoms with Crippen molar-refractivity contribution in [1.82, 2.24) is 4.98 Å². The molecular formula is C35H41NO3Si. The molecule has 0 N–H and O–H groups in total. The highest BCUT2D eigenvalue weighted by Gasteiger charge is 2.54. The lowest BCUT2D eigenvalue weighted by Crippen LogP contribution is -2.53. The molecule has 2 heterocycles. The highest BCUT2D eigenvalue weighted by atomic mass is 28.4. The van der Waals surface area contributed by atoms with E-state index >= 15 is 0 Å². The first-order valence-corrected chi connectivity index (χ1v) is 16.5. The molecule has 0 amide bonds. The predicted octanol–water partition coefficient (Wildman–Crippen LogP) is 9.29. The average Bonchev–Trinajstić information content (AvgIpc) is 3.29. The molecule has 5 heteroatoms. The van der Waals surface area contributed by atoms with Crippen molar-refractivity contribution in [1.29, 1.82) is 0 Å². The van der Waals surface area contributed by atoms with E-state index in [1.807, 2.05) is 42.5 Å². The molecule has 3 aromatic carbocycles. The van der Waals surface area contributed by atoms with Crippen LogP contribution < -0.4 is 14.7 Å². The van der Waals surface area contributed by atoms with Gasteiger partial charge in [-0.1, -0.05) is 52.8 Å². The van der Waals surface area contributed by atoms with Crippen LogP contribution in [0.25, 0.3) is 22.5 Å². The zero-order valence-corrected chi connectivity index (χ0v) is 26.0. The first kappa shape index (κ1) is 28.1. The standard InChI is InChI=1S/C35H41NO3Si/c1-9-32-30-21-31(27-19-24(6)34(37-8)25(7)20-27)36-33(35(30)40(39-32,22(2)3)23(4)5)26-15-17-29(18-16-26)38-28-13-11-10-12-14-28/h10-23,32H,9H2,1-8H3/t32-/m0/s1. The molecule has 1 aromatic heterocycles. The van der Waals surface area contributed by atoms with Gasteiger partial charge in [0.05, 0.1) is 24.6 Å². The van der Waals surface area contributed by atoms with Crippen molar-refractivity contribution in [2.75, 3.05) is 7.11 Å². The summed E-state index contributed by atoms with van der Waals surface area (Å²) in [4.78, 5) is 5.44. The van der Waals surface area contributed by atoms with E-state index in [0.717, 1.165) is 57.3 Å². The number of methoxy groups -OCH3 is 1. The summed E-state index contributed by atoms with van der Waals surface area (Å²) in [6, 6.07) is 25.0. The van der Waals surface area contributed by atoms with Gasteiger partial charge < -0.3 is 13.9 Å². The van der Waals surface area contributed by atoms with E-state index in [2.05, 4.69) is 78.8 Å². The molecule has 0 unspecified atom stereocenters. The van der Waals surface area contributed by atoms with Gasteiger partial charge in [0.15, 0.2) is 0 Å². The minimum absolute atomic E-state index is 0.0769. The number of hydrogen-bond acceptors (Lipinski definition) is 4. The molecule has 1 atom stereocenters. The first-order chi connectivity index (χ1) is 19.2. The Balaban J connectivity index is 1.72. The van der Waals surface area contributed by atoms with E-state index in [1.165, 1.54) is 10.8 Å². The third kappa shape index (κ3) is 4.86. The minimum atomic E-state index is -2.37. The predicted molar refractivity (Wildman–Crippen MR) is 167 cm³/mol. The lowest BCUT2D eigenvalue weighted by molar-refractivity contribution is 0.198. The lowest BCUT2D eigenvalue weighted by Gasteiger charge is -2.36. The van der Waals surface area contributed by atoms with Gasteiger partial charge in [-0.25, -0.2) is 4.98 Å².